The van der Waals surface area contributed by atoms with Gasteiger partial charge in [-0.15, -0.1) is 0 Å². The van der Waals surface area contributed by atoms with E-state index in [1.54, 1.807) is 18.2 Å². The van der Waals surface area contributed by atoms with Crippen molar-refractivity contribution < 1.29 is 27.9 Å². The Kier molecular flexibility index (Phi) is 5.79. The summed E-state index contributed by atoms with van der Waals surface area (Å²) in [6.45, 7) is 3.32. The van der Waals surface area contributed by atoms with Crippen molar-refractivity contribution in [1.29, 1.82) is 5.41 Å². The molecule has 0 saturated heterocycles. The molecule has 1 atom stereocenters. The zero-order chi connectivity index (χ0) is 20.4. The Labute approximate surface area is 156 Å². The molecule has 2 rings (SSSR count). The number of Topliss-reactive ketones (excluding diaryl/α,β-unsaturated/α-hetero) is 1. The van der Waals surface area contributed by atoms with Gasteiger partial charge in [0.15, 0.2) is 5.78 Å². The molecule has 0 saturated carbocycles. The van der Waals surface area contributed by atoms with Gasteiger partial charge in [0.2, 0.25) is 0 Å². The maximum Gasteiger partial charge on any atom is 0.331 e. The Morgan fingerprint density at radius 3 is 2.52 bits per heavy atom. The summed E-state index contributed by atoms with van der Waals surface area (Å²) >= 11 is 0. The number of aliphatic imine (C=N–C) groups is 1. The Balaban J connectivity index is 2.16. The van der Waals surface area contributed by atoms with E-state index in [4.69, 9.17) is 10.1 Å². The second kappa shape index (κ2) is 7.70. The first-order valence-electron chi connectivity index (χ1n) is 7.89. The highest BCUT2D eigenvalue weighted by Crippen LogP contribution is 2.22. The van der Waals surface area contributed by atoms with Crippen LogP contribution < -0.4 is 4.72 Å². The van der Waals surface area contributed by atoms with Crippen molar-refractivity contribution in [1.82, 2.24) is 4.72 Å². The largest absolute Gasteiger partial charge is 0.508 e. The van der Waals surface area contributed by atoms with Gasteiger partial charge in [-0.2, -0.15) is 0 Å². The van der Waals surface area contributed by atoms with Crippen LogP contribution in [0.15, 0.2) is 45.5 Å². The van der Waals surface area contributed by atoms with E-state index < -0.39 is 40.2 Å². The number of ketones is 1. The Morgan fingerprint density at radius 2 is 1.93 bits per heavy atom. The fraction of sp³-hybridized carbons (Fsp3) is 0.294. The number of carbonyl (C=O) groups is 2. The fourth-order valence-corrected chi connectivity index (χ4v) is 3.73. The quantitative estimate of drug-likeness (QED) is 0.285. The van der Waals surface area contributed by atoms with E-state index in [1.807, 2.05) is 0 Å². The fourth-order valence-electron chi connectivity index (χ4n) is 2.49. The lowest BCUT2D eigenvalue weighted by molar-refractivity contribution is -0.144. The summed E-state index contributed by atoms with van der Waals surface area (Å²) in [5.41, 5.74) is -0.0289. The highest BCUT2D eigenvalue weighted by molar-refractivity contribution is 7.90. The minimum atomic E-state index is -3.72. The number of aliphatic hydroxyl groups excluding tert-OH is 1. The molecule has 144 valence electrons. The number of sulfonamides is 1. The van der Waals surface area contributed by atoms with E-state index in [2.05, 4.69) is 9.71 Å². The average molecular weight is 393 g/mol. The van der Waals surface area contributed by atoms with Crippen LogP contribution in [0.5, 0.6) is 0 Å². The number of esters is 1. The van der Waals surface area contributed by atoms with Crippen LogP contribution in [-0.4, -0.2) is 49.5 Å². The maximum absolute atomic E-state index is 12.1. The minimum Gasteiger partial charge on any atom is -0.508 e. The molecule has 0 radical (unpaired) electrons. The van der Waals surface area contributed by atoms with Crippen LogP contribution >= 0.6 is 0 Å². The summed E-state index contributed by atoms with van der Waals surface area (Å²) in [4.78, 5) is 27.6. The lowest BCUT2D eigenvalue weighted by Gasteiger charge is -2.10. The molecule has 1 aromatic carbocycles. The number of benzene rings is 1. The normalized spacial score (nSPS) is 18.1. The second-order valence-electron chi connectivity index (χ2n) is 5.87. The molecule has 9 nitrogen and oxygen atoms in total. The summed E-state index contributed by atoms with van der Waals surface area (Å²) in [6.07, 6.45) is 0. The number of aliphatic hydroxyl groups is 1. The second-order valence-corrected chi connectivity index (χ2v) is 7.52. The summed E-state index contributed by atoms with van der Waals surface area (Å²) in [7, 11) is -3.72. The monoisotopic (exact) mass is 393 g/mol. The van der Waals surface area contributed by atoms with Crippen molar-refractivity contribution in [3.63, 3.8) is 0 Å². The van der Waals surface area contributed by atoms with Gasteiger partial charge in [0.25, 0.3) is 10.0 Å². The van der Waals surface area contributed by atoms with Crippen LogP contribution in [-0.2, 0) is 24.3 Å². The van der Waals surface area contributed by atoms with Gasteiger partial charge in [-0.25, -0.2) is 13.2 Å². The number of amidine groups is 1. The summed E-state index contributed by atoms with van der Waals surface area (Å²) in [5.74, 6) is -1.87. The Bertz CT molecular complexity index is 962. The third-order valence-electron chi connectivity index (χ3n) is 3.69. The van der Waals surface area contributed by atoms with Crippen LogP contribution in [0.4, 0.5) is 0 Å². The van der Waals surface area contributed by atoms with Crippen molar-refractivity contribution in [3.05, 3.63) is 41.2 Å². The average Bonchev–Trinajstić information content (AvgIpc) is 2.83. The smallest absolute Gasteiger partial charge is 0.331 e. The van der Waals surface area contributed by atoms with Crippen LogP contribution in [0.1, 0.15) is 26.3 Å². The maximum atomic E-state index is 12.1. The lowest BCUT2D eigenvalue weighted by Crippen LogP contribution is -2.27. The first-order valence-corrected chi connectivity index (χ1v) is 9.38. The SMILES string of the molecule is CC(=N)/C(C(C)=O)=C(/O)COC(=O)[C@H](C)N=C1NS(=O)(=O)c2ccccc21. The molecule has 0 fully saturated rings. The molecule has 1 aliphatic rings. The van der Waals surface area contributed by atoms with E-state index in [0.29, 0.717) is 5.56 Å². The highest BCUT2D eigenvalue weighted by atomic mass is 32.2. The first kappa shape index (κ1) is 20.3. The molecule has 0 aliphatic carbocycles. The number of fused-ring (bicyclic) bond motifs is 1. The van der Waals surface area contributed by atoms with Gasteiger partial charge in [-0.05, 0) is 32.9 Å². The third-order valence-corrected chi connectivity index (χ3v) is 5.09. The van der Waals surface area contributed by atoms with Gasteiger partial charge >= 0.3 is 5.97 Å². The van der Waals surface area contributed by atoms with Gasteiger partial charge in [-0.1, -0.05) is 12.1 Å². The van der Waals surface area contributed by atoms with E-state index in [1.165, 1.54) is 26.8 Å². The van der Waals surface area contributed by atoms with E-state index in [-0.39, 0.29) is 22.0 Å². The molecule has 1 aliphatic heterocycles. The van der Waals surface area contributed by atoms with Crippen molar-refractivity contribution in [2.45, 2.75) is 31.7 Å². The topological polar surface area (TPSA) is 146 Å². The number of hydrogen-bond acceptors (Lipinski definition) is 8. The number of carbonyl (C=O) groups excluding carboxylic acids is 2. The number of nitrogens with zero attached hydrogens (tertiary/aromatic N) is 1. The zero-order valence-electron chi connectivity index (χ0n) is 14.9. The zero-order valence-corrected chi connectivity index (χ0v) is 15.8. The molecule has 0 bridgehead atoms. The molecular weight excluding hydrogens is 374 g/mol. The third kappa shape index (κ3) is 4.40. The van der Waals surface area contributed by atoms with Gasteiger partial charge < -0.3 is 15.3 Å². The Hall–Kier alpha value is -3.01. The number of rotatable bonds is 6. The Morgan fingerprint density at radius 1 is 1.30 bits per heavy atom. The molecule has 0 amide bonds. The molecular formula is C17H19N3O6S. The van der Waals surface area contributed by atoms with Crippen LogP contribution in [0, 0.1) is 5.41 Å². The number of hydrogen-bond donors (Lipinski definition) is 3. The molecule has 10 heteroatoms. The molecule has 3 N–H and O–H groups in total. The van der Waals surface area contributed by atoms with Crippen molar-refractivity contribution in [2.75, 3.05) is 6.61 Å². The van der Waals surface area contributed by atoms with Gasteiger partial charge in [0, 0.05) is 11.3 Å². The van der Waals surface area contributed by atoms with E-state index in [0.717, 1.165) is 0 Å². The van der Waals surface area contributed by atoms with Crippen LogP contribution in [0.2, 0.25) is 0 Å². The van der Waals surface area contributed by atoms with Crippen LogP contribution in [0.25, 0.3) is 0 Å². The van der Waals surface area contributed by atoms with E-state index in [9.17, 15) is 23.1 Å². The first-order chi connectivity index (χ1) is 12.5. The molecule has 0 spiro atoms. The lowest BCUT2D eigenvalue weighted by atomic mass is 10.1. The predicted molar refractivity (Wildman–Crippen MR) is 97.5 cm³/mol. The molecule has 0 unspecified atom stereocenters. The number of nitrogens with one attached hydrogen (secondary N) is 2. The van der Waals surface area contributed by atoms with Gasteiger partial charge in [0.05, 0.1) is 10.5 Å². The van der Waals surface area contributed by atoms with Gasteiger partial charge in [0.1, 0.15) is 24.2 Å². The summed E-state index contributed by atoms with van der Waals surface area (Å²) in [6, 6.07) is 5.14. The van der Waals surface area contributed by atoms with Crippen molar-refractivity contribution >= 4 is 33.3 Å². The predicted octanol–water partition coefficient (Wildman–Crippen LogP) is 1.10. The molecule has 1 aromatic rings. The number of allylic oxidation sites excluding steroid dienone is 1. The van der Waals surface area contributed by atoms with Crippen LogP contribution in [0.3, 0.4) is 0 Å². The molecule has 27 heavy (non-hydrogen) atoms. The highest BCUT2D eigenvalue weighted by Gasteiger charge is 2.31. The minimum absolute atomic E-state index is 0.0228. The van der Waals surface area contributed by atoms with Crippen molar-refractivity contribution in [2.24, 2.45) is 4.99 Å². The summed E-state index contributed by atoms with van der Waals surface area (Å²) in [5, 5.41) is 17.3. The molecule has 0 aromatic heterocycles. The number of ether oxygens (including phenoxy) is 1. The summed E-state index contributed by atoms with van der Waals surface area (Å²) < 4.78 is 31.3. The van der Waals surface area contributed by atoms with E-state index >= 15 is 0 Å². The van der Waals surface area contributed by atoms with Crippen molar-refractivity contribution in [3.8, 4) is 0 Å². The van der Waals surface area contributed by atoms with Gasteiger partial charge in [-0.3, -0.25) is 14.5 Å². The molecule has 1 heterocycles. The standard InChI is InChI=1S/C17H19N3O6S/c1-9(18)15(11(3)21)13(22)8-26-17(23)10(2)19-16-12-6-4-5-7-14(12)27(24,25)20-16/h4-7,10,18,22H,8H2,1-3H3,(H,19,20)/b15-13-,18-9?/t10-/m0/s1.